The van der Waals surface area contributed by atoms with Crippen molar-refractivity contribution in [3.8, 4) is 0 Å². The molecule has 1 fully saturated rings. The number of rotatable bonds is 4. The Morgan fingerprint density at radius 3 is 2.55 bits per heavy atom. The van der Waals surface area contributed by atoms with Gasteiger partial charge in [-0.15, -0.1) is 0 Å². The van der Waals surface area contributed by atoms with Crippen molar-refractivity contribution in [3.63, 3.8) is 0 Å². The minimum Gasteiger partial charge on any atom is -0.325 e. The molecule has 110 valence electrons. The van der Waals surface area contributed by atoms with Gasteiger partial charge in [0.2, 0.25) is 5.91 Å². The van der Waals surface area contributed by atoms with Crippen LogP contribution in [0.15, 0.2) is 24.3 Å². The van der Waals surface area contributed by atoms with E-state index in [9.17, 15) is 4.79 Å². The number of amides is 1. The highest BCUT2D eigenvalue weighted by atomic mass is 35.5. The summed E-state index contributed by atoms with van der Waals surface area (Å²) in [4.78, 5) is 11.9. The van der Waals surface area contributed by atoms with E-state index in [-0.39, 0.29) is 5.91 Å². The van der Waals surface area contributed by atoms with Crippen molar-refractivity contribution in [2.24, 2.45) is 0 Å². The summed E-state index contributed by atoms with van der Waals surface area (Å²) in [6, 6.07) is 7.72. The Hall–Kier alpha value is -1.06. The van der Waals surface area contributed by atoms with Crippen LogP contribution < -0.4 is 10.6 Å². The summed E-state index contributed by atoms with van der Waals surface area (Å²) in [5.74, 6) is -0.00525. The third-order valence-corrected chi connectivity index (χ3v) is 4.00. The lowest BCUT2D eigenvalue weighted by Crippen LogP contribution is -2.36. The highest BCUT2D eigenvalue weighted by Gasteiger charge is 2.12. The predicted octanol–water partition coefficient (Wildman–Crippen LogP) is 3.98. The first-order valence-electron chi connectivity index (χ1n) is 7.53. The molecule has 0 heterocycles. The molecule has 0 bridgehead atoms. The molecule has 2 N–H and O–H groups in total. The van der Waals surface area contributed by atoms with Gasteiger partial charge in [0, 0.05) is 16.8 Å². The van der Waals surface area contributed by atoms with Crippen molar-refractivity contribution in [3.05, 3.63) is 29.3 Å². The maximum absolute atomic E-state index is 11.9. The van der Waals surface area contributed by atoms with Gasteiger partial charge >= 0.3 is 0 Å². The second-order valence-electron chi connectivity index (χ2n) is 5.48. The number of carbonyl (C=O) groups is 1. The third-order valence-electron chi connectivity index (χ3n) is 3.76. The molecule has 0 atom stereocenters. The quantitative estimate of drug-likeness (QED) is 0.882. The lowest BCUT2D eigenvalue weighted by Gasteiger charge is -2.20. The van der Waals surface area contributed by atoms with Gasteiger partial charge in [-0.3, -0.25) is 4.79 Å². The number of halogens is 1. The van der Waals surface area contributed by atoms with E-state index in [0.29, 0.717) is 17.6 Å². The van der Waals surface area contributed by atoms with Gasteiger partial charge in [0.15, 0.2) is 0 Å². The molecule has 1 amide bonds. The normalized spacial score (nSPS) is 17.2. The number of hydrogen-bond acceptors (Lipinski definition) is 2. The van der Waals surface area contributed by atoms with Crippen molar-refractivity contribution >= 4 is 23.2 Å². The minimum absolute atomic E-state index is 0.00525. The fourth-order valence-corrected chi connectivity index (χ4v) is 2.86. The number of nitrogens with one attached hydrogen (secondary N) is 2. The SMILES string of the molecule is O=C(CNC1CCCCCCC1)Nc1cccc(Cl)c1. The topological polar surface area (TPSA) is 41.1 Å². The number of hydrogen-bond donors (Lipinski definition) is 2. The highest BCUT2D eigenvalue weighted by Crippen LogP contribution is 2.17. The third kappa shape index (κ3) is 5.51. The van der Waals surface area contributed by atoms with E-state index in [1.165, 1.54) is 44.9 Å². The zero-order valence-electron chi connectivity index (χ0n) is 11.8. The second kappa shape index (κ2) is 8.28. The van der Waals surface area contributed by atoms with E-state index in [2.05, 4.69) is 10.6 Å². The van der Waals surface area contributed by atoms with Gasteiger partial charge < -0.3 is 10.6 Å². The molecule has 1 aliphatic carbocycles. The fourth-order valence-electron chi connectivity index (χ4n) is 2.67. The Morgan fingerprint density at radius 2 is 1.85 bits per heavy atom. The first-order valence-corrected chi connectivity index (χ1v) is 7.90. The number of carbonyl (C=O) groups excluding carboxylic acids is 1. The Kier molecular flexibility index (Phi) is 6.34. The molecular weight excluding hydrogens is 272 g/mol. The predicted molar refractivity (Wildman–Crippen MR) is 84.2 cm³/mol. The molecule has 0 aliphatic heterocycles. The summed E-state index contributed by atoms with van der Waals surface area (Å²) in [6.45, 7) is 0.372. The van der Waals surface area contributed by atoms with Gasteiger partial charge in [0.25, 0.3) is 0 Å². The van der Waals surface area contributed by atoms with E-state index in [0.717, 1.165) is 5.69 Å². The van der Waals surface area contributed by atoms with Crippen molar-refractivity contribution in [2.45, 2.75) is 51.0 Å². The van der Waals surface area contributed by atoms with Crippen molar-refractivity contribution in [1.82, 2.24) is 5.32 Å². The molecule has 1 aliphatic rings. The van der Waals surface area contributed by atoms with E-state index in [1.807, 2.05) is 12.1 Å². The average molecular weight is 295 g/mol. The molecule has 2 rings (SSSR count). The minimum atomic E-state index is -0.00525. The molecular formula is C16H23ClN2O. The van der Waals surface area contributed by atoms with Gasteiger partial charge in [-0.1, -0.05) is 49.8 Å². The Labute approximate surface area is 126 Å². The molecule has 20 heavy (non-hydrogen) atoms. The molecule has 4 heteroatoms. The monoisotopic (exact) mass is 294 g/mol. The number of benzene rings is 1. The maximum atomic E-state index is 11.9. The lowest BCUT2D eigenvalue weighted by atomic mass is 9.97. The second-order valence-corrected chi connectivity index (χ2v) is 5.92. The van der Waals surface area contributed by atoms with Crippen LogP contribution in [0.3, 0.4) is 0 Å². The van der Waals surface area contributed by atoms with Gasteiger partial charge in [-0.05, 0) is 31.0 Å². The van der Waals surface area contributed by atoms with Crippen LogP contribution in [0.25, 0.3) is 0 Å². The molecule has 0 spiro atoms. The van der Waals surface area contributed by atoms with Crippen LogP contribution in [-0.4, -0.2) is 18.5 Å². The van der Waals surface area contributed by atoms with E-state index < -0.39 is 0 Å². The Bertz CT molecular complexity index is 428. The molecule has 1 aromatic carbocycles. The summed E-state index contributed by atoms with van der Waals surface area (Å²) < 4.78 is 0. The van der Waals surface area contributed by atoms with E-state index >= 15 is 0 Å². The van der Waals surface area contributed by atoms with Gasteiger partial charge in [0.05, 0.1) is 6.54 Å². The molecule has 0 saturated heterocycles. The van der Waals surface area contributed by atoms with Crippen LogP contribution in [0.1, 0.15) is 44.9 Å². The first-order chi connectivity index (χ1) is 9.74. The lowest BCUT2D eigenvalue weighted by molar-refractivity contribution is -0.115. The van der Waals surface area contributed by atoms with Crippen LogP contribution in [0.4, 0.5) is 5.69 Å². The summed E-state index contributed by atoms with van der Waals surface area (Å²) in [7, 11) is 0. The van der Waals surface area contributed by atoms with Crippen molar-refractivity contribution in [2.75, 3.05) is 11.9 Å². The molecule has 0 aromatic heterocycles. The molecule has 0 unspecified atom stereocenters. The van der Waals surface area contributed by atoms with Crippen LogP contribution in [0, 0.1) is 0 Å². The molecule has 0 radical (unpaired) electrons. The van der Waals surface area contributed by atoms with E-state index in [1.54, 1.807) is 12.1 Å². The summed E-state index contributed by atoms with van der Waals surface area (Å²) in [6.07, 6.45) is 8.93. The van der Waals surface area contributed by atoms with Crippen molar-refractivity contribution in [1.29, 1.82) is 0 Å². The number of anilines is 1. The smallest absolute Gasteiger partial charge is 0.238 e. The zero-order valence-corrected chi connectivity index (χ0v) is 12.6. The molecule has 1 aromatic rings. The van der Waals surface area contributed by atoms with Crippen LogP contribution in [0.5, 0.6) is 0 Å². The van der Waals surface area contributed by atoms with Crippen molar-refractivity contribution < 1.29 is 4.79 Å². The van der Waals surface area contributed by atoms with Crippen LogP contribution in [-0.2, 0) is 4.79 Å². The maximum Gasteiger partial charge on any atom is 0.238 e. The van der Waals surface area contributed by atoms with E-state index in [4.69, 9.17) is 11.6 Å². The fraction of sp³-hybridized carbons (Fsp3) is 0.562. The zero-order chi connectivity index (χ0) is 14.2. The highest BCUT2D eigenvalue weighted by molar-refractivity contribution is 6.30. The average Bonchev–Trinajstić information content (AvgIpc) is 2.37. The summed E-state index contributed by atoms with van der Waals surface area (Å²) in [5, 5.41) is 6.88. The Balaban J connectivity index is 1.73. The van der Waals surface area contributed by atoms with Crippen LogP contribution >= 0.6 is 11.6 Å². The molecule has 3 nitrogen and oxygen atoms in total. The standard InChI is InChI=1S/C16H23ClN2O/c17-13-7-6-10-15(11-13)19-16(20)12-18-14-8-4-2-1-3-5-9-14/h6-7,10-11,14,18H,1-5,8-9,12H2,(H,19,20). The summed E-state index contributed by atoms with van der Waals surface area (Å²) in [5.41, 5.74) is 0.752. The van der Waals surface area contributed by atoms with Gasteiger partial charge in [0.1, 0.15) is 0 Å². The largest absolute Gasteiger partial charge is 0.325 e. The van der Waals surface area contributed by atoms with Gasteiger partial charge in [-0.2, -0.15) is 0 Å². The Morgan fingerprint density at radius 1 is 1.15 bits per heavy atom. The van der Waals surface area contributed by atoms with Crippen LogP contribution in [0.2, 0.25) is 5.02 Å². The molecule has 1 saturated carbocycles. The summed E-state index contributed by atoms with van der Waals surface area (Å²) >= 11 is 5.89. The van der Waals surface area contributed by atoms with Gasteiger partial charge in [-0.25, -0.2) is 0 Å². The first kappa shape index (κ1) is 15.3.